The number of hydrogen-bond donors (Lipinski definition) is 4. The van der Waals surface area contributed by atoms with Crippen LogP contribution in [0.15, 0.2) is 24.3 Å². The number of halogens is 6. The molecule has 5 heterocycles. The summed E-state index contributed by atoms with van der Waals surface area (Å²) >= 11 is 47.2. The van der Waals surface area contributed by atoms with E-state index in [1.807, 2.05) is 0 Å². The predicted molar refractivity (Wildman–Crippen MR) is 184 cm³/mol. The first-order chi connectivity index (χ1) is 22.5. The third kappa shape index (κ3) is 6.69. The third-order valence-electron chi connectivity index (χ3n) is 7.83. The van der Waals surface area contributed by atoms with Crippen molar-refractivity contribution in [2.24, 2.45) is 0 Å². The molecule has 0 saturated carbocycles. The Morgan fingerprint density at radius 1 is 0.750 bits per heavy atom. The summed E-state index contributed by atoms with van der Waals surface area (Å²) in [5.74, 6) is 0. The number of aromatic nitrogens is 4. The van der Waals surface area contributed by atoms with Gasteiger partial charge >= 0.3 is 13.5 Å². The monoisotopic (exact) mass is 860 g/mol. The number of rotatable bonds is 2. The Bertz CT molecular complexity index is 1900. The second-order valence-electron chi connectivity index (χ2n) is 10.8. The highest BCUT2D eigenvalue weighted by Gasteiger charge is 2.53. The lowest BCUT2D eigenvalue weighted by atomic mass is 10.1. The summed E-state index contributed by atoms with van der Waals surface area (Å²) in [7, 11) is 0. The molecule has 10 atom stereocenters. The second-order valence-corrected chi connectivity index (χ2v) is 18.8. The normalized spacial score (nSPS) is 36.2. The van der Waals surface area contributed by atoms with Crippen LogP contribution in [-0.4, -0.2) is 84.0 Å². The van der Waals surface area contributed by atoms with Gasteiger partial charge in [-0.05, 0) is 59.3 Å². The van der Waals surface area contributed by atoms with Crippen molar-refractivity contribution in [1.82, 2.24) is 19.1 Å². The van der Waals surface area contributed by atoms with Crippen molar-refractivity contribution in [3.63, 3.8) is 0 Å². The van der Waals surface area contributed by atoms with E-state index in [1.54, 1.807) is 0 Å². The Morgan fingerprint density at radius 2 is 1.17 bits per heavy atom. The van der Waals surface area contributed by atoms with Gasteiger partial charge in [-0.15, -0.1) is 0 Å². The zero-order valence-corrected chi connectivity index (χ0v) is 31.4. The van der Waals surface area contributed by atoms with Crippen LogP contribution in [0.25, 0.3) is 22.1 Å². The number of thiol groups is 1. The molecule has 2 aromatic heterocycles. The van der Waals surface area contributed by atoms with E-state index in [4.69, 9.17) is 109 Å². The molecule has 7 rings (SSSR count). The Labute approximate surface area is 310 Å². The van der Waals surface area contributed by atoms with Gasteiger partial charge in [0.2, 0.25) is 10.6 Å². The molecular formula is C24H20Cl6N4O10P2S2. The fourth-order valence-electron chi connectivity index (χ4n) is 5.66. The number of hydrogen-bond acceptors (Lipinski definition) is 12. The molecular weight excluding hydrogens is 843 g/mol. The van der Waals surface area contributed by atoms with Crippen molar-refractivity contribution in [3.8, 4) is 0 Å². The van der Waals surface area contributed by atoms with E-state index in [2.05, 4.69) is 22.2 Å². The zero-order chi connectivity index (χ0) is 34.4. The molecule has 4 unspecified atom stereocenters. The van der Waals surface area contributed by atoms with Crippen LogP contribution in [0.5, 0.6) is 0 Å². The molecule has 0 spiro atoms. The van der Waals surface area contributed by atoms with Gasteiger partial charge in [0.25, 0.3) is 0 Å². The van der Waals surface area contributed by atoms with Crippen LogP contribution in [-0.2, 0) is 43.9 Å². The van der Waals surface area contributed by atoms with Crippen LogP contribution in [0.4, 0.5) is 0 Å². The average Bonchev–Trinajstić information content (AvgIpc) is 3.67. The van der Waals surface area contributed by atoms with E-state index >= 15 is 0 Å². The number of ether oxygens (including phenoxy) is 2. The summed E-state index contributed by atoms with van der Waals surface area (Å²) in [6.07, 6.45) is -11.3. The summed E-state index contributed by atoms with van der Waals surface area (Å²) < 4.78 is 51.2. The van der Waals surface area contributed by atoms with Crippen LogP contribution < -0.4 is 0 Å². The van der Waals surface area contributed by atoms with E-state index < -0.39 is 75.8 Å². The van der Waals surface area contributed by atoms with Gasteiger partial charge < -0.3 is 29.1 Å². The molecule has 3 saturated heterocycles. The summed E-state index contributed by atoms with van der Waals surface area (Å²) in [4.78, 5) is 19.7. The van der Waals surface area contributed by atoms with Crippen LogP contribution in [0, 0.1) is 0 Å². The molecule has 260 valence electrons. The molecule has 3 aliphatic rings. The number of benzene rings is 2. The minimum Gasteiger partial charge on any atom is -0.387 e. The van der Waals surface area contributed by atoms with Crippen molar-refractivity contribution in [1.29, 1.82) is 0 Å². The van der Waals surface area contributed by atoms with Crippen LogP contribution in [0.1, 0.15) is 12.5 Å². The van der Waals surface area contributed by atoms with Crippen molar-refractivity contribution in [2.75, 3.05) is 13.2 Å². The largest absolute Gasteiger partial charge is 0.387 e. The molecule has 3 fully saturated rings. The Kier molecular flexibility index (Phi) is 10.2. The lowest BCUT2D eigenvalue weighted by molar-refractivity contribution is -0.0597. The fourth-order valence-corrected chi connectivity index (χ4v) is 9.73. The minimum absolute atomic E-state index is 0.113. The smallest absolute Gasteiger partial charge is 0.386 e. The number of nitrogens with zero attached hydrogens (tertiary/aromatic N) is 4. The van der Waals surface area contributed by atoms with Gasteiger partial charge in [0.15, 0.2) is 12.5 Å². The Balaban J connectivity index is 1.24. The van der Waals surface area contributed by atoms with E-state index in [9.17, 15) is 19.7 Å². The van der Waals surface area contributed by atoms with E-state index in [1.165, 1.54) is 33.4 Å². The topological polar surface area (TPSA) is 169 Å². The molecule has 4 bridgehead atoms. The van der Waals surface area contributed by atoms with Crippen LogP contribution >= 0.6 is 95.4 Å². The second kappa shape index (κ2) is 13.4. The van der Waals surface area contributed by atoms with Crippen LogP contribution in [0.3, 0.4) is 0 Å². The van der Waals surface area contributed by atoms with Crippen molar-refractivity contribution in [3.05, 3.63) is 54.9 Å². The third-order valence-corrected chi connectivity index (χ3v) is 13.0. The number of imidazole rings is 2. The average molecular weight is 863 g/mol. The number of aliphatic hydroxyl groups excluding tert-OH is 2. The molecule has 3 aliphatic heterocycles. The van der Waals surface area contributed by atoms with Gasteiger partial charge in [0.1, 0.15) is 36.6 Å². The molecule has 0 aliphatic carbocycles. The zero-order valence-electron chi connectivity index (χ0n) is 23.3. The summed E-state index contributed by atoms with van der Waals surface area (Å²) in [5, 5.41) is 23.2. The highest BCUT2D eigenvalue weighted by atomic mass is 35.5. The van der Waals surface area contributed by atoms with Gasteiger partial charge in [-0.25, -0.2) is 14.5 Å². The molecule has 24 heteroatoms. The summed E-state index contributed by atoms with van der Waals surface area (Å²) in [6.45, 7) is -9.80. The minimum atomic E-state index is -4.39. The van der Waals surface area contributed by atoms with E-state index in [0.29, 0.717) is 22.1 Å². The molecule has 2 aromatic carbocycles. The molecule has 4 aromatic rings. The summed E-state index contributed by atoms with van der Waals surface area (Å²) in [6, 6.07) is 5.90. The van der Waals surface area contributed by atoms with Crippen molar-refractivity contribution >= 4 is 129 Å². The standard InChI is InChI=1S/C24H20Cl6N4O10P2S2/c25-7-1-11-13(3-9(7)27)33(23(29)31-11)21-19-17(35)15(41-21)5-39-46(38,48)44-20-18(36)16(6-40-45(37,47)43-19)42-22(20)34-14-4-10(28)8(26)2-12(14)32-24(34)30/h1-4,15-22,35-36H,5-6H2,(H,37,47)(H,38,48)/t15-,16-,17+,18?,19?,20+,21-,22-,45?,46?/m1/s1. The molecule has 48 heavy (non-hydrogen) atoms. The van der Waals surface area contributed by atoms with Gasteiger partial charge in [-0.1, -0.05) is 58.7 Å². The van der Waals surface area contributed by atoms with E-state index in [-0.39, 0.29) is 30.7 Å². The lowest BCUT2D eigenvalue weighted by Gasteiger charge is -2.28. The first-order valence-electron chi connectivity index (χ1n) is 13.6. The van der Waals surface area contributed by atoms with E-state index in [0.717, 1.165) is 0 Å². The lowest BCUT2D eigenvalue weighted by Crippen LogP contribution is -2.37. The fraction of sp³-hybridized carbons (Fsp3) is 0.417. The van der Waals surface area contributed by atoms with Gasteiger partial charge in [-0.3, -0.25) is 22.7 Å². The first-order valence-corrected chi connectivity index (χ1v) is 21.1. The van der Waals surface area contributed by atoms with Crippen LogP contribution in [0.2, 0.25) is 30.7 Å². The highest BCUT2D eigenvalue weighted by molar-refractivity contribution is 8.44. The Hall–Kier alpha value is -0.0100. The van der Waals surface area contributed by atoms with Gasteiger partial charge in [0, 0.05) is 0 Å². The maximum absolute atomic E-state index is 13.7. The first kappa shape index (κ1) is 36.4. The van der Waals surface area contributed by atoms with Crippen molar-refractivity contribution in [2.45, 2.75) is 49.1 Å². The molecule has 3 N–H and O–H groups in total. The quantitative estimate of drug-likeness (QED) is 0.126. The molecule has 0 amide bonds. The Morgan fingerprint density at radius 3 is 1.65 bits per heavy atom. The van der Waals surface area contributed by atoms with Gasteiger partial charge in [0.05, 0.1) is 55.4 Å². The highest BCUT2D eigenvalue weighted by Crippen LogP contribution is 2.58. The molecule has 14 nitrogen and oxygen atoms in total. The predicted octanol–water partition coefficient (Wildman–Crippen LogP) is 6.60. The number of aliphatic hydroxyl groups is 2. The van der Waals surface area contributed by atoms with Gasteiger partial charge in [-0.2, -0.15) is 0 Å². The number of fused-ring (bicyclic) bond motifs is 6. The maximum Gasteiger partial charge on any atom is 0.386 e. The maximum atomic E-state index is 13.7. The van der Waals surface area contributed by atoms with Crippen molar-refractivity contribution < 1.29 is 47.2 Å². The summed E-state index contributed by atoms with van der Waals surface area (Å²) in [5.41, 5.74) is 1.33. The molecule has 0 radical (unpaired) electrons. The SMILES string of the molecule is O=P1(S)OC[C@H]2O[C@@H](n3c(Cl)nc4cc(Cl)c(Cl)cc43)C(OP(O)(=S)OC[C@H]3O[C@@H](n4c(Cl)nc5cc(Cl)c(Cl)cc54)[C@@H](O1)C3O)[C@H]2O.